The fourth-order valence-corrected chi connectivity index (χ4v) is 2.64. The van der Waals surface area contributed by atoms with Crippen molar-refractivity contribution < 1.29 is 13.6 Å². The van der Waals surface area contributed by atoms with Crippen LogP contribution in [-0.2, 0) is 0 Å². The Morgan fingerprint density at radius 1 is 1.17 bits per heavy atom. The maximum absolute atomic E-state index is 14.0. The van der Waals surface area contributed by atoms with Crippen molar-refractivity contribution in [3.05, 3.63) is 70.1 Å². The zero-order valence-electron chi connectivity index (χ0n) is 12.8. The lowest BCUT2D eigenvalue weighted by Crippen LogP contribution is -2.11. The molecule has 1 heterocycles. The maximum Gasteiger partial charge on any atom is 0.291 e. The molecule has 122 valence electrons. The fourth-order valence-electron chi connectivity index (χ4n) is 2.31. The number of amides is 1. The Balaban J connectivity index is 1.83. The van der Waals surface area contributed by atoms with E-state index in [2.05, 4.69) is 21.2 Å². The average molecular weight is 389 g/mol. The first-order valence-corrected chi connectivity index (χ1v) is 7.96. The monoisotopic (exact) mass is 388 g/mol. The van der Waals surface area contributed by atoms with E-state index in [1.807, 2.05) is 6.92 Å². The van der Waals surface area contributed by atoms with Crippen molar-refractivity contribution in [1.29, 1.82) is 0 Å². The molecule has 3 rings (SSSR count). The molecule has 0 atom stereocenters. The van der Waals surface area contributed by atoms with E-state index in [9.17, 15) is 9.18 Å². The number of anilines is 2. The van der Waals surface area contributed by atoms with E-state index >= 15 is 0 Å². The fraction of sp³-hybridized carbons (Fsp3) is 0.0556. The molecule has 0 unspecified atom stereocenters. The van der Waals surface area contributed by atoms with Gasteiger partial charge >= 0.3 is 0 Å². The maximum atomic E-state index is 14.0. The number of benzene rings is 2. The molecule has 0 aliphatic heterocycles. The molecule has 3 N–H and O–H groups in total. The van der Waals surface area contributed by atoms with Crippen LogP contribution in [0.1, 0.15) is 16.1 Å². The molecule has 0 fully saturated rings. The molecule has 2 aromatic carbocycles. The number of aryl methyl sites for hydroxylation is 1. The Bertz CT molecular complexity index is 921. The van der Waals surface area contributed by atoms with Gasteiger partial charge in [0.1, 0.15) is 11.6 Å². The average Bonchev–Trinajstić information content (AvgIpc) is 3.00. The Hall–Kier alpha value is -2.60. The molecule has 0 saturated heterocycles. The molecule has 0 saturated carbocycles. The first-order valence-electron chi connectivity index (χ1n) is 7.17. The van der Waals surface area contributed by atoms with Crippen molar-refractivity contribution >= 4 is 33.2 Å². The van der Waals surface area contributed by atoms with Gasteiger partial charge in [-0.15, -0.1) is 0 Å². The Morgan fingerprint density at radius 3 is 2.67 bits per heavy atom. The number of rotatable bonds is 3. The Morgan fingerprint density at radius 2 is 1.96 bits per heavy atom. The molecule has 4 nitrogen and oxygen atoms in total. The van der Waals surface area contributed by atoms with Crippen molar-refractivity contribution in [1.82, 2.24) is 0 Å². The van der Waals surface area contributed by atoms with Gasteiger partial charge in [0.15, 0.2) is 5.76 Å². The SMILES string of the molecule is Cc1cc(N)ccc1NC(=O)c1ccc(-c2ccc(Br)cc2F)o1. The summed E-state index contributed by atoms with van der Waals surface area (Å²) >= 11 is 3.20. The number of carbonyl (C=O) groups is 1. The second-order valence-corrected chi connectivity index (χ2v) is 6.23. The largest absolute Gasteiger partial charge is 0.451 e. The first-order chi connectivity index (χ1) is 11.4. The number of nitrogens with one attached hydrogen (secondary N) is 1. The quantitative estimate of drug-likeness (QED) is 0.620. The van der Waals surface area contributed by atoms with Crippen LogP contribution in [0.3, 0.4) is 0 Å². The summed E-state index contributed by atoms with van der Waals surface area (Å²) in [6, 6.07) is 12.9. The number of hydrogen-bond acceptors (Lipinski definition) is 3. The molecule has 0 bridgehead atoms. The van der Waals surface area contributed by atoms with Crippen LogP contribution in [0.5, 0.6) is 0 Å². The molecule has 0 radical (unpaired) electrons. The zero-order chi connectivity index (χ0) is 17.3. The number of nitrogen functional groups attached to an aromatic ring is 1. The minimum atomic E-state index is -0.430. The van der Waals surface area contributed by atoms with Gasteiger partial charge in [0.05, 0.1) is 5.56 Å². The molecular formula is C18H14BrFN2O2. The number of hydrogen-bond donors (Lipinski definition) is 2. The lowest BCUT2D eigenvalue weighted by atomic mass is 10.1. The Labute approximate surface area is 146 Å². The van der Waals surface area contributed by atoms with E-state index in [-0.39, 0.29) is 5.76 Å². The molecule has 6 heteroatoms. The molecule has 0 aliphatic carbocycles. The van der Waals surface area contributed by atoms with Crippen molar-refractivity contribution in [2.24, 2.45) is 0 Å². The van der Waals surface area contributed by atoms with E-state index in [4.69, 9.17) is 10.2 Å². The van der Waals surface area contributed by atoms with Gasteiger partial charge in [-0.1, -0.05) is 15.9 Å². The van der Waals surface area contributed by atoms with Crippen LogP contribution in [0.25, 0.3) is 11.3 Å². The first kappa shape index (κ1) is 16.3. The minimum Gasteiger partial charge on any atom is -0.451 e. The van der Waals surface area contributed by atoms with E-state index in [1.54, 1.807) is 36.4 Å². The topological polar surface area (TPSA) is 68.3 Å². The summed E-state index contributed by atoms with van der Waals surface area (Å²) in [6.45, 7) is 1.84. The highest BCUT2D eigenvalue weighted by atomic mass is 79.9. The molecule has 0 aliphatic rings. The van der Waals surface area contributed by atoms with Gasteiger partial charge < -0.3 is 15.5 Å². The summed E-state index contributed by atoms with van der Waals surface area (Å²) in [5.41, 5.74) is 8.09. The summed E-state index contributed by atoms with van der Waals surface area (Å²) < 4.78 is 20.1. The number of halogens is 2. The lowest BCUT2D eigenvalue weighted by molar-refractivity contribution is 0.0997. The van der Waals surface area contributed by atoms with Gasteiger partial charge in [0, 0.05) is 15.8 Å². The summed E-state index contributed by atoms with van der Waals surface area (Å²) in [6.07, 6.45) is 0. The van der Waals surface area contributed by atoms with Gasteiger partial charge in [0.2, 0.25) is 0 Å². The Kier molecular flexibility index (Phi) is 4.40. The van der Waals surface area contributed by atoms with Gasteiger partial charge in [0.25, 0.3) is 5.91 Å². The third-order valence-corrected chi connectivity index (χ3v) is 4.02. The predicted octanol–water partition coefficient (Wildman–Crippen LogP) is 4.99. The molecule has 3 aromatic rings. The van der Waals surface area contributed by atoms with Crippen LogP contribution >= 0.6 is 15.9 Å². The van der Waals surface area contributed by atoms with Crippen LogP contribution in [0.2, 0.25) is 0 Å². The summed E-state index contributed by atoms with van der Waals surface area (Å²) in [5, 5.41) is 2.75. The smallest absolute Gasteiger partial charge is 0.291 e. The van der Waals surface area contributed by atoms with E-state index in [1.165, 1.54) is 12.1 Å². The highest BCUT2D eigenvalue weighted by molar-refractivity contribution is 9.10. The van der Waals surface area contributed by atoms with Gasteiger partial charge in [-0.05, 0) is 61.0 Å². The van der Waals surface area contributed by atoms with Crippen LogP contribution in [-0.4, -0.2) is 5.91 Å². The van der Waals surface area contributed by atoms with Gasteiger partial charge in [-0.3, -0.25) is 4.79 Å². The number of furan rings is 1. The molecular weight excluding hydrogens is 375 g/mol. The number of nitrogens with two attached hydrogens (primary N) is 1. The third-order valence-electron chi connectivity index (χ3n) is 3.53. The second-order valence-electron chi connectivity index (χ2n) is 5.32. The van der Waals surface area contributed by atoms with E-state index in [0.29, 0.717) is 27.2 Å². The predicted molar refractivity (Wildman–Crippen MR) is 95.3 cm³/mol. The summed E-state index contributed by atoms with van der Waals surface area (Å²) in [7, 11) is 0. The molecule has 0 spiro atoms. The molecule has 1 aromatic heterocycles. The van der Waals surface area contributed by atoms with Crippen molar-refractivity contribution in [2.45, 2.75) is 6.92 Å². The third kappa shape index (κ3) is 3.33. The van der Waals surface area contributed by atoms with Crippen LogP contribution in [0.15, 0.2) is 57.4 Å². The van der Waals surface area contributed by atoms with E-state index in [0.717, 1.165) is 5.56 Å². The molecule has 1 amide bonds. The zero-order valence-corrected chi connectivity index (χ0v) is 14.4. The molecule has 24 heavy (non-hydrogen) atoms. The van der Waals surface area contributed by atoms with Crippen molar-refractivity contribution in [3.8, 4) is 11.3 Å². The highest BCUT2D eigenvalue weighted by Crippen LogP contribution is 2.28. The van der Waals surface area contributed by atoms with Crippen LogP contribution in [0.4, 0.5) is 15.8 Å². The second kappa shape index (κ2) is 6.49. The number of carbonyl (C=O) groups excluding carboxylic acids is 1. The van der Waals surface area contributed by atoms with Crippen LogP contribution in [0, 0.1) is 12.7 Å². The van der Waals surface area contributed by atoms with Gasteiger partial charge in [-0.25, -0.2) is 4.39 Å². The van der Waals surface area contributed by atoms with Crippen LogP contribution < -0.4 is 11.1 Å². The standard InChI is InChI=1S/C18H14BrFN2O2/c1-10-8-12(21)3-5-15(10)22-18(23)17-7-6-16(24-17)13-4-2-11(19)9-14(13)20/h2-9H,21H2,1H3,(H,22,23). The van der Waals surface area contributed by atoms with Gasteiger partial charge in [-0.2, -0.15) is 0 Å². The van der Waals surface area contributed by atoms with Crippen molar-refractivity contribution in [2.75, 3.05) is 11.1 Å². The van der Waals surface area contributed by atoms with E-state index < -0.39 is 11.7 Å². The van der Waals surface area contributed by atoms with Crippen molar-refractivity contribution in [3.63, 3.8) is 0 Å². The highest BCUT2D eigenvalue weighted by Gasteiger charge is 2.15. The normalized spacial score (nSPS) is 10.6. The summed E-state index contributed by atoms with van der Waals surface area (Å²) in [5.74, 6) is -0.450. The lowest BCUT2D eigenvalue weighted by Gasteiger charge is -2.07. The minimum absolute atomic E-state index is 0.101. The summed E-state index contributed by atoms with van der Waals surface area (Å²) in [4.78, 5) is 12.3.